The van der Waals surface area contributed by atoms with Crippen LogP contribution >= 0.6 is 11.8 Å². The highest BCUT2D eigenvalue weighted by Crippen LogP contribution is 2.21. The number of anilines is 1. The maximum Gasteiger partial charge on any atom is 0.250 e. The molecule has 1 heterocycles. The van der Waals surface area contributed by atoms with Crippen LogP contribution in [0.4, 0.5) is 10.1 Å². The molecule has 0 aromatic heterocycles. The standard InChI is InChI=1S/C22H26FN3OS/c1-17(24-25-22(27)16-28-21-9-5-4-8-20(21)23)18-10-12-19(13-11-18)26-14-6-2-3-7-15-26/h4-5,8-13H,2-3,6-7,14-16H2,1H3,(H,25,27)/b24-17-. The van der Waals surface area contributed by atoms with Gasteiger partial charge in [-0.15, -0.1) is 11.8 Å². The lowest BCUT2D eigenvalue weighted by molar-refractivity contribution is -0.118. The number of carbonyl (C=O) groups is 1. The number of hydrogen-bond donors (Lipinski definition) is 1. The quantitative estimate of drug-likeness (QED) is 0.429. The van der Waals surface area contributed by atoms with Gasteiger partial charge in [0.1, 0.15) is 5.82 Å². The first-order valence-electron chi connectivity index (χ1n) is 9.69. The molecule has 6 heteroatoms. The molecular weight excluding hydrogens is 373 g/mol. The van der Waals surface area contributed by atoms with Crippen LogP contribution in [0.5, 0.6) is 0 Å². The van der Waals surface area contributed by atoms with Gasteiger partial charge in [-0.3, -0.25) is 4.79 Å². The van der Waals surface area contributed by atoms with Gasteiger partial charge in [-0.05, 0) is 49.6 Å². The van der Waals surface area contributed by atoms with Crippen molar-refractivity contribution in [2.24, 2.45) is 5.10 Å². The molecule has 1 fully saturated rings. The summed E-state index contributed by atoms with van der Waals surface area (Å²) in [6.07, 6.45) is 5.13. The Labute approximate surface area is 170 Å². The van der Waals surface area contributed by atoms with E-state index in [1.54, 1.807) is 18.2 Å². The Morgan fingerprint density at radius 3 is 2.43 bits per heavy atom. The topological polar surface area (TPSA) is 44.7 Å². The van der Waals surface area contributed by atoms with Gasteiger partial charge >= 0.3 is 0 Å². The zero-order valence-electron chi connectivity index (χ0n) is 16.2. The fraction of sp³-hybridized carbons (Fsp3) is 0.364. The van der Waals surface area contributed by atoms with Gasteiger partial charge in [0.15, 0.2) is 0 Å². The molecule has 0 spiro atoms. The minimum atomic E-state index is -0.315. The molecule has 3 rings (SSSR count). The highest BCUT2D eigenvalue weighted by molar-refractivity contribution is 8.00. The Kier molecular flexibility index (Phi) is 7.48. The molecule has 0 saturated carbocycles. The SMILES string of the molecule is C/C(=N/NC(=O)CSc1ccccc1F)c1ccc(N2CCCCCC2)cc1. The molecule has 4 nitrogen and oxygen atoms in total. The van der Waals surface area contributed by atoms with E-state index in [-0.39, 0.29) is 17.5 Å². The predicted molar refractivity (Wildman–Crippen MR) is 115 cm³/mol. The number of amides is 1. The van der Waals surface area contributed by atoms with Crippen molar-refractivity contribution in [2.75, 3.05) is 23.7 Å². The number of thioether (sulfide) groups is 1. The lowest BCUT2D eigenvalue weighted by Crippen LogP contribution is -2.23. The van der Waals surface area contributed by atoms with Crippen molar-refractivity contribution in [3.05, 3.63) is 59.9 Å². The van der Waals surface area contributed by atoms with E-state index in [1.165, 1.54) is 37.4 Å². The summed E-state index contributed by atoms with van der Waals surface area (Å²) < 4.78 is 13.6. The molecule has 0 aliphatic carbocycles. The van der Waals surface area contributed by atoms with Crippen molar-refractivity contribution in [1.29, 1.82) is 0 Å². The molecule has 0 atom stereocenters. The van der Waals surface area contributed by atoms with Gasteiger partial charge in [-0.1, -0.05) is 37.1 Å². The Morgan fingerprint density at radius 1 is 1.07 bits per heavy atom. The molecule has 1 amide bonds. The number of hydrazone groups is 1. The van der Waals surface area contributed by atoms with Crippen LogP contribution in [0.25, 0.3) is 0 Å². The first-order chi connectivity index (χ1) is 13.6. The number of benzene rings is 2. The zero-order chi connectivity index (χ0) is 19.8. The number of hydrogen-bond acceptors (Lipinski definition) is 4. The number of rotatable bonds is 6. The molecule has 2 aromatic carbocycles. The summed E-state index contributed by atoms with van der Waals surface area (Å²) in [5, 5.41) is 4.18. The maximum atomic E-state index is 13.6. The van der Waals surface area contributed by atoms with E-state index >= 15 is 0 Å². The number of nitrogens with zero attached hydrogens (tertiary/aromatic N) is 2. The van der Waals surface area contributed by atoms with E-state index in [9.17, 15) is 9.18 Å². The summed E-state index contributed by atoms with van der Waals surface area (Å²) in [7, 11) is 0. The molecule has 1 aliphatic rings. The van der Waals surface area contributed by atoms with Crippen molar-refractivity contribution < 1.29 is 9.18 Å². The second-order valence-corrected chi connectivity index (χ2v) is 7.92. The molecule has 1 N–H and O–H groups in total. The number of nitrogens with one attached hydrogen (secondary N) is 1. The largest absolute Gasteiger partial charge is 0.372 e. The highest BCUT2D eigenvalue weighted by atomic mass is 32.2. The Balaban J connectivity index is 1.52. The summed E-state index contributed by atoms with van der Waals surface area (Å²) in [6.45, 7) is 4.09. The van der Waals surface area contributed by atoms with E-state index in [2.05, 4.69) is 27.6 Å². The second-order valence-electron chi connectivity index (χ2n) is 6.90. The molecular formula is C22H26FN3OS. The van der Waals surface area contributed by atoms with Crippen LogP contribution in [0, 0.1) is 5.82 Å². The summed E-state index contributed by atoms with van der Waals surface area (Å²) in [5.74, 6) is -0.454. The van der Waals surface area contributed by atoms with E-state index in [0.717, 1.165) is 36.1 Å². The fourth-order valence-corrected chi connectivity index (χ4v) is 3.92. The first-order valence-corrected chi connectivity index (χ1v) is 10.7. The summed E-state index contributed by atoms with van der Waals surface area (Å²) in [6, 6.07) is 14.8. The fourth-order valence-electron chi connectivity index (χ4n) is 3.19. The van der Waals surface area contributed by atoms with Crippen molar-refractivity contribution in [3.63, 3.8) is 0 Å². The van der Waals surface area contributed by atoms with E-state index < -0.39 is 0 Å². The van der Waals surface area contributed by atoms with Gasteiger partial charge in [0.2, 0.25) is 5.91 Å². The smallest absolute Gasteiger partial charge is 0.250 e. The second kappa shape index (κ2) is 10.3. The number of carbonyl (C=O) groups excluding carboxylic acids is 1. The first kappa shape index (κ1) is 20.4. The minimum Gasteiger partial charge on any atom is -0.372 e. The van der Waals surface area contributed by atoms with Gasteiger partial charge in [0, 0.05) is 23.7 Å². The lowest BCUT2D eigenvalue weighted by atomic mass is 10.1. The van der Waals surface area contributed by atoms with E-state index in [4.69, 9.17) is 0 Å². The Hall–Kier alpha value is -2.34. The summed E-state index contributed by atoms with van der Waals surface area (Å²) >= 11 is 1.16. The Bertz CT molecular complexity index is 815. The van der Waals surface area contributed by atoms with Crippen LogP contribution in [0.3, 0.4) is 0 Å². The van der Waals surface area contributed by atoms with Crippen LogP contribution in [-0.2, 0) is 4.79 Å². The minimum absolute atomic E-state index is 0.117. The van der Waals surface area contributed by atoms with Gasteiger partial charge < -0.3 is 4.90 Å². The van der Waals surface area contributed by atoms with Crippen LogP contribution in [0.1, 0.15) is 38.2 Å². The van der Waals surface area contributed by atoms with E-state index in [1.807, 2.05) is 19.1 Å². The molecule has 1 saturated heterocycles. The van der Waals surface area contributed by atoms with Crippen LogP contribution in [0.15, 0.2) is 58.5 Å². The maximum absolute atomic E-state index is 13.6. The van der Waals surface area contributed by atoms with Crippen LogP contribution in [0.2, 0.25) is 0 Å². The molecule has 28 heavy (non-hydrogen) atoms. The van der Waals surface area contributed by atoms with Gasteiger partial charge in [0.25, 0.3) is 0 Å². The third kappa shape index (κ3) is 5.83. The zero-order valence-corrected chi connectivity index (χ0v) is 17.0. The number of halogens is 1. The summed E-state index contributed by atoms with van der Waals surface area (Å²) in [4.78, 5) is 14.9. The van der Waals surface area contributed by atoms with Crippen molar-refractivity contribution in [2.45, 2.75) is 37.5 Å². The highest BCUT2D eigenvalue weighted by Gasteiger charge is 2.10. The molecule has 0 radical (unpaired) electrons. The molecule has 0 bridgehead atoms. The van der Waals surface area contributed by atoms with Crippen molar-refractivity contribution in [1.82, 2.24) is 5.43 Å². The normalized spacial score (nSPS) is 15.2. The average Bonchev–Trinajstić information content (AvgIpc) is 3.01. The summed E-state index contributed by atoms with van der Waals surface area (Å²) in [5.41, 5.74) is 5.51. The van der Waals surface area contributed by atoms with Crippen molar-refractivity contribution >= 4 is 29.1 Å². The Morgan fingerprint density at radius 2 is 1.75 bits per heavy atom. The van der Waals surface area contributed by atoms with Gasteiger partial charge in [0.05, 0.1) is 11.5 Å². The van der Waals surface area contributed by atoms with Crippen LogP contribution < -0.4 is 10.3 Å². The molecule has 1 aliphatic heterocycles. The lowest BCUT2D eigenvalue weighted by Gasteiger charge is -2.22. The third-order valence-electron chi connectivity index (χ3n) is 4.80. The molecule has 148 valence electrons. The monoisotopic (exact) mass is 399 g/mol. The molecule has 0 unspecified atom stereocenters. The predicted octanol–water partition coefficient (Wildman–Crippen LogP) is 4.84. The van der Waals surface area contributed by atoms with Crippen molar-refractivity contribution in [3.8, 4) is 0 Å². The molecule has 2 aromatic rings. The third-order valence-corrected chi connectivity index (χ3v) is 5.85. The average molecular weight is 400 g/mol. The van der Waals surface area contributed by atoms with Gasteiger partial charge in [-0.2, -0.15) is 5.10 Å². The van der Waals surface area contributed by atoms with E-state index in [0.29, 0.717) is 4.90 Å². The van der Waals surface area contributed by atoms with Crippen LogP contribution in [-0.4, -0.2) is 30.5 Å². The van der Waals surface area contributed by atoms with Gasteiger partial charge in [-0.25, -0.2) is 9.82 Å².